The Hall–Kier alpha value is -1.49. The van der Waals surface area contributed by atoms with E-state index in [1.54, 1.807) is 11.8 Å². The van der Waals surface area contributed by atoms with E-state index in [-0.39, 0.29) is 13.2 Å². The summed E-state index contributed by atoms with van der Waals surface area (Å²) in [7, 11) is 0. The fraction of sp³-hybridized carbons (Fsp3) is 0.250. The Balaban J connectivity index is 1.90. The van der Waals surface area contributed by atoms with Gasteiger partial charge in [-0.05, 0) is 48.2 Å². The fourth-order valence-electron chi connectivity index (χ4n) is 2.36. The standard InChI is InChI=1S/C16H17NO2S/c18-7-5-11-1-3-15-13(9-11)17-14-10-12(6-8-19)2-4-16(14)20-15/h1-4,9-10,17-19H,5-8H2. The maximum absolute atomic E-state index is 9.03. The van der Waals surface area contributed by atoms with Crippen LogP contribution in [0.2, 0.25) is 0 Å². The maximum atomic E-state index is 9.03. The van der Waals surface area contributed by atoms with Gasteiger partial charge in [0.05, 0.1) is 11.4 Å². The van der Waals surface area contributed by atoms with Gasteiger partial charge in [0.2, 0.25) is 0 Å². The summed E-state index contributed by atoms with van der Waals surface area (Å²) in [4.78, 5) is 2.41. The van der Waals surface area contributed by atoms with E-state index >= 15 is 0 Å². The summed E-state index contributed by atoms with van der Waals surface area (Å²) in [5, 5.41) is 21.5. The lowest BCUT2D eigenvalue weighted by molar-refractivity contribution is 0.299. The molecule has 0 aromatic heterocycles. The summed E-state index contributed by atoms with van der Waals surface area (Å²) < 4.78 is 0. The van der Waals surface area contributed by atoms with Crippen LogP contribution < -0.4 is 5.32 Å². The third kappa shape index (κ3) is 2.68. The normalized spacial score (nSPS) is 12.5. The number of fused-ring (bicyclic) bond motifs is 2. The van der Waals surface area contributed by atoms with Gasteiger partial charge in [-0.2, -0.15) is 0 Å². The molecular formula is C16H17NO2S. The molecule has 0 saturated carbocycles. The van der Waals surface area contributed by atoms with Crippen LogP contribution in [0.25, 0.3) is 0 Å². The molecule has 0 unspecified atom stereocenters. The van der Waals surface area contributed by atoms with Crippen molar-refractivity contribution in [3.8, 4) is 0 Å². The summed E-state index contributed by atoms with van der Waals surface area (Å²) >= 11 is 1.75. The number of nitrogens with one attached hydrogen (secondary N) is 1. The highest BCUT2D eigenvalue weighted by Gasteiger charge is 2.16. The minimum Gasteiger partial charge on any atom is -0.396 e. The second kappa shape index (κ2) is 5.87. The van der Waals surface area contributed by atoms with Crippen molar-refractivity contribution >= 4 is 23.1 Å². The van der Waals surface area contributed by atoms with Crippen molar-refractivity contribution in [2.24, 2.45) is 0 Å². The van der Waals surface area contributed by atoms with E-state index in [0.717, 1.165) is 22.5 Å². The van der Waals surface area contributed by atoms with Crippen molar-refractivity contribution in [3.05, 3.63) is 47.5 Å². The predicted octanol–water partition coefficient (Wildman–Crippen LogP) is 2.96. The Morgan fingerprint density at radius 2 is 1.30 bits per heavy atom. The van der Waals surface area contributed by atoms with Crippen molar-refractivity contribution in [2.75, 3.05) is 18.5 Å². The first-order valence-corrected chi connectivity index (χ1v) is 7.54. The Kier molecular flexibility index (Phi) is 3.96. The number of hydrogen-bond acceptors (Lipinski definition) is 4. The first-order valence-electron chi connectivity index (χ1n) is 6.72. The molecular weight excluding hydrogens is 270 g/mol. The molecule has 3 rings (SSSR count). The van der Waals surface area contributed by atoms with Gasteiger partial charge in [0, 0.05) is 23.0 Å². The molecule has 20 heavy (non-hydrogen) atoms. The zero-order chi connectivity index (χ0) is 13.9. The molecule has 104 valence electrons. The largest absolute Gasteiger partial charge is 0.396 e. The molecule has 0 fully saturated rings. The Labute approximate surface area is 122 Å². The molecule has 0 atom stereocenters. The van der Waals surface area contributed by atoms with Crippen molar-refractivity contribution < 1.29 is 10.2 Å². The van der Waals surface area contributed by atoms with Crippen molar-refractivity contribution in [3.63, 3.8) is 0 Å². The molecule has 0 saturated heterocycles. The van der Waals surface area contributed by atoms with Gasteiger partial charge in [-0.3, -0.25) is 0 Å². The van der Waals surface area contributed by atoms with Crippen molar-refractivity contribution in [1.82, 2.24) is 0 Å². The number of aliphatic hydroxyl groups excluding tert-OH is 2. The van der Waals surface area contributed by atoms with Gasteiger partial charge in [0.1, 0.15) is 0 Å². The van der Waals surface area contributed by atoms with E-state index in [4.69, 9.17) is 10.2 Å². The van der Waals surface area contributed by atoms with Gasteiger partial charge in [-0.25, -0.2) is 0 Å². The number of anilines is 2. The number of benzene rings is 2. The molecule has 0 bridgehead atoms. The van der Waals surface area contributed by atoms with Gasteiger partial charge in [-0.15, -0.1) is 0 Å². The second-order valence-electron chi connectivity index (χ2n) is 4.84. The molecule has 0 spiro atoms. The third-order valence-corrected chi connectivity index (χ3v) is 4.53. The van der Waals surface area contributed by atoms with Crippen LogP contribution in [0.4, 0.5) is 11.4 Å². The van der Waals surface area contributed by atoms with Crippen LogP contribution >= 0.6 is 11.8 Å². The van der Waals surface area contributed by atoms with Gasteiger partial charge < -0.3 is 15.5 Å². The summed E-state index contributed by atoms with van der Waals surface area (Å²) in [6.45, 7) is 0.340. The molecule has 2 aromatic carbocycles. The summed E-state index contributed by atoms with van der Waals surface area (Å²) in [5.41, 5.74) is 4.45. The molecule has 1 aliphatic rings. The van der Waals surface area contributed by atoms with Crippen LogP contribution in [0.3, 0.4) is 0 Å². The van der Waals surface area contributed by atoms with Crippen LogP contribution in [0, 0.1) is 0 Å². The summed E-state index contributed by atoms with van der Waals surface area (Å²) in [6, 6.07) is 12.5. The SMILES string of the molecule is OCCc1ccc2c(c1)Nc1cc(CCO)ccc1S2. The lowest BCUT2D eigenvalue weighted by Gasteiger charge is -2.22. The van der Waals surface area contributed by atoms with Crippen molar-refractivity contribution in [2.45, 2.75) is 22.6 Å². The molecule has 1 heterocycles. The minimum atomic E-state index is 0.170. The smallest absolute Gasteiger partial charge is 0.0529 e. The molecule has 0 aliphatic carbocycles. The monoisotopic (exact) mass is 287 g/mol. The Morgan fingerprint density at radius 1 is 0.800 bits per heavy atom. The van der Waals surface area contributed by atoms with Gasteiger partial charge in [0.25, 0.3) is 0 Å². The topological polar surface area (TPSA) is 52.5 Å². The zero-order valence-corrected chi connectivity index (χ0v) is 11.9. The minimum absolute atomic E-state index is 0.170. The Bertz CT molecular complexity index is 574. The van der Waals surface area contributed by atoms with E-state index in [0.29, 0.717) is 12.8 Å². The summed E-state index contributed by atoms with van der Waals surface area (Å²) in [6.07, 6.45) is 1.36. The van der Waals surface area contributed by atoms with E-state index in [1.807, 2.05) is 0 Å². The lowest BCUT2D eigenvalue weighted by Crippen LogP contribution is -2.02. The molecule has 2 aromatic rings. The number of rotatable bonds is 4. The van der Waals surface area contributed by atoms with Gasteiger partial charge in [0.15, 0.2) is 0 Å². The molecule has 0 radical (unpaired) electrons. The Morgan fingerprint density at radius 3 is 1.75 bits per heavy atom. The third-order valence-electron chi connectivity index (χ3n) is 3.38. The van der Waals surface area contributed by atoms with E-state index in [2.05, 4.69) is 41.7 Å². The van der Waals surface area contributed by atoms with Gasteiger partial charge in [-0.1, -0.05) is 23.9 Å². The molecule has 1 aliphatic heterocycles. The average molecular weight is 287 g/mol. The van der Waals surface area contributed by atoms with E-state index in [9.17, 15) is 0 Å². The van der Waals surface area contributed by atoms with E-state index < -0.39 is 0 Å². The first kappa shape index (κ1) is 13.5. The first-order chi connectivity index (χ1) is 9.80. The van der Waals surface area contributed by atoms with E-state index in [1.165, 1.54) is 9.79 Å². The maximum Gasteiger partial charge on any atom is 0.0529 e. The quantitative estimate of drug-likeness (QED) is 0.690. The highest BCUT2D eigenvalue weighted by atomic mass is 32.2. The zero-order valence-electron chi connectivity index (χ0n) is 11.1. The molecule has 3 nitrogen and oxygen atoms in total. The lowest BCUT2D eigenvalue weighted by atomic mass is 10.1. The second-order valence-corrected chi connectivity index (χ2v) is 5.92. The van der Waals surface area contributed by atoms with Crippen LogP contribution in [-0.4, -0.2) is 23.4 Å². The molecule has 3 N–H and O–H groups in total. The average Bonchev–Trinajstić information content (AvgIpc) is 2.46. The highest BCUT2D eigenvalue weighted by molar-refractivity contribution is 7.99. The summed E-state index contributed by atoms with van der Waals surface area (Å²) in [5.74, 6) is 0. The van der Waals surface area contributed by atoms with Crippen LogP contribution in [-0.2, 0) is 12.8 Å². The number of aliphatic hydroxyl groups is 2. The highest BCUT2D eigenvalue weighted by Crippen LogP contribution is 2.44. The van der Waals surface area contributed by atoms with Crippen LogP contribution in [0.5, 0.6) is 0 Å². The number of hydrogen-bond donors (Lipinski definition) is 3. The fourth-order valence-corrected chi connectivity index (χ4v) is 3.31. The molecule has 4 heteroatoms. The van der Waals surface area contributed by atoms with Crippen molar-refractivity contribution in [1.29, 1.82) is 0 Å². The predicted molar refractivity (Wildman–Crippen MR) is 81.9 cm³/mol. The molecule has 0 amide bonds. The van der Waals surface area contributed by atoms with Crippen LogP contribution in [0.15, 0.2) is 46.2 Å². The van der Waals surface area contributed by atoms with Crippen LogP contribution in [0.1, 0.15) is 11.1 Å². The van der Waals surface area contributed by atoms with Gasteiger partial charge >= 0.3 is 0 Å².